The van der Waals surface area contributed by atoms with Crippen LogP contribution in [0.4, 0.5) is 11.4 Å². The zero-order valence-corrected chi connectivity index (χ0v) is 21.2. The number of quaternary nitrogens is 1. The molecule has 3 aliphatic heterocycles. The molecule has 2 saturated heterocycles. The van der Waals surface area contributed by atoms with Crippen molar-refractivity contribution in [2.24, 2.45) is 5.73 Å². The molecule has 0 aliphatic carbocycles. The molecule has 0 saturated carbocycles. The number of morpholine rings is 1. The summed E-state index contributed by atoms with van der Waals surface area (Å²) in [5, 5.41) is 0. The number of piperidine rings is 1. The van der Waals surface area contributed by atoms with Gasteiger partial charge in [-0.1, -0.05) is 6.07 Å². The van der Waals surface area contributed by atoms with Crippen LogP contribution < -0.4 is 22.4 Å². The Morgan fingerprint density at radius 2 is 1.73 bits per heavy atom. The second-order valence-electron chi connectivity index (χ2n) is 9.72. The summed E-state index contributed by atoms with van der Waals surface area (Å²) in [6, 6.07) is 13.6. The highest BCUT2D eigenvalue weighted by Crippen LogP contribution is 2.31. The maximum Gasteiger partial charge on any atom is 0.270 e. The molecule has 37 heavy (non-hydrogen) atoms. The van der Waals surface area contributed by atoms with Crippen LogP contribution in [0.15, 0.2) is 48.2 Å². The molecule has 3 heterocycles. The Kier molecular flexibility index (Phi) is 7.11. The highest BCUT2D eigenvalue weighted by atomic mass is 16.5. The molecular formula is C27H35N7O3+2. The first-order valence-electron chi connectivity index (χ1n) is 12.8. The Morgan fingerprint density at radius 3 is 2.41 bits per heavy atom. The van der Waals surface area contributed by atoms with Gasteiger partial charge < -0.3 is 26.0 Å². The summed E-state index contributed by atoms with van der Waals surface area (Å²) < 4.78 is 7.20. The van der Waals surface area contributed by atoms with Crippen LogP contribution in [0.5, 0.6) is 0 Å². The van der Waals surface area contributed by atoms with Gasteiger partial charge in [0, 0.05) is 62.0 Å². The normalized spacial score (nSPS) is 19.9. The minimum Gasteiger partial charge on any atom is -0.398 e. The Bertz CT molecular complexity index is 1240. The first kappa shape index (κ1) is 24.8. The lowest BCUT2D eigenvalue weighted by Gasteiger charge is -2.31. The van der Waals surface area contributed by atoms with E-state index in [1.807, 2.05) is 56.5 Å². The number of hydrazine groups is 1. The number of allylic oxidation sites excluding steroid dienone is 1. The van der Waals surface area contributed by atoms with E-state index >= 15 is 0 Å². The predicted molar refractivity (Wildman–Crippen MR) is 140 cm³/mol. The zero-order valence-electron chi connectivity index (χ0n) is 21.2. The molecule has 10 nitrogen and oxygen atoms in total. The molecule has 10 heteroatoms. The third-order valence-electron chi connectivity index (χ3n) is 7.41. The van der Waals surface area contributed by atoms with Crippen molar-refractivity contribution >= 4 is 35.1 Å². The number of benzene rings is 2. The standard InChI is InChI=1S/C27H33N7O3/c1-18(35)32-10-8-19(9-11-32)21-4-7-24(28)23(16-21)26(29)25-17-34(31-30-25)22-5-2-20(3-6-22)27(36)33-12-14-37-15-13-33/h2-7,16-17,19,30-31H,8-15H2,1H3,(H3,28,29)/p+2. The highest BCUT2D eigenvalue weighted by Gasteiger charge is 2.28. The third kappa shape index (κ3) is 5.30. The quantitative estimate of drug-likeness (QED) is 0.272. The fourth-order valence-corrected chi connectivity index (χ4v) is 5.11. The predicted octanol–water partition coefficient (Wildman–Crippen LogP) is 0.506. The van der Waals surface area contributed by atoms with Crippen molar-refractivity contribution in [1.82, 2.24) is 15.3 Å². The largest absolute Gasteiger partial charge is 0.398 e. The molecule has 0 radical (unpaired) electrons. The second-order valence-corrected chi connectivity index (χ2v) is 9.72. The first-order chi connectivity index (χ1) is 17.9. The van der Waals surface area contributed by atoms with E-state index in [0.29, 0.717) is 49.2 Å². The fraction of sp³-hybridized carbons (Fsp3) is 0.370. The van der Waals surface area contributed by atoms with Gasteiger partial charge in [-0.25, -0.2) is 0 Å². The minimum atomic E-state index is 0.0203. The Labute approximate surface area is 216 Å². The van der Waals surface area contributed by atoms with Crippen LogP contribution >= 0.6 is 0 Å². The van der Waals surface area contributed by atoms with Crippen molar-refractivity contribution < 1.29 is 24.4 Å². The van der Waals surface area contributed by atoms with Crippen LogP contribution in [0.25, 0.3) is 5.70 Å². The summed E-state index contributed by atoms with van der Waals surface area (Å²) in [7, 11) is 0. The molecule has 0 unspecified atom stereocenters. The van der Waals surface area contributed by atoms with E-state index in [1.54, 1.807) is 6.92 Å². The Morgan fingerprint density at radius 1 is 1.03 bits per heavy atom. The van der Waals surface area contributed by atoms with Crippen LogP contribution in [0.3, 0.4) is 0 Å². The minimum absolute atomic E-state index is 0.0203. The summed E-state index contributed by atoms with van der Waals surface area (Å²) >= 11 is 0. The SMILES string of the molecule is CC(=O)N1CCC(c2ccc(N)c(C(N)=C3C=[N+](c4ccc(C(=O)N5CCOCC5)cc4)N[NH2+]3)c2)CC1. The van der Waals surface area contributed by atoms with Gasteiger partial charge in [-0.05, 0) is 58.8 Å². The fourth-order valence-electron chi connectivity index (χ4n) is 5.11. The lowest BCUT2D eigenvalue weighted by atomic mass is 9.87. The van der Waals surface area contributed by atoms with E-state index in [2.05, 4.69) is 17.7 Å². The number of anilines is 1. The summed E-state index contributed by atoms with van der Waals surface area (Å²) in [5.74, 6) is 0.526. The number of ether oxygens (including phenoxy) is 1. The average molecular weight is 506 g/mol. The van der Waals surface area contributed by atoms with E-state index in [-0.39, 0.29) is 11.8 Å². The number of nitrogens with one attached hydrogen (secondary N) is 1. The van der Waals surface area contributed by atoms with Crippen LogP contribution in [0.2, 0.25) is 0 Å². The highest BCUT2D eigenvalue weighted by molar-refractivity contribution is 5.94. The van der Waals surface area contributed by atoms with Gasteiger partial charge >= 0.3 is 0 Å². The zero-order chi connectivity index (χ0) is 25.9. The molecule has 2 aromatic rings. The molecule has 5 rings (SSSR count). The number of likely N-dealkylation sites (tertiary alicyclic amines) is 1. The van der Waals surface area contributed by atoms with E-state index < -0.39 is 0 Å². The van der Waals surface area contributed by atoms with Gasteiger partial charge in [0.05, 0.1) is 13.2 Å². The number of carbonyl (C=O) groups is 2. The third-order valence-corrected chi connectivity index (χ3v) is 7.41. The lowest BCUT2D eigenvalue weighted by molar-refractivity contribution is -0.805. The number of rotatable bonds is 4. The van der Waals surface area contributed by atoms with Gasteiger partial charge in [0.2, 0.25) is 17.3 Å². The van der Waals surface area contributed by atoms with E-state index in [1.165, 1.54) is 5.56 Å². The van der Waals surface area contributed by atoms with Crippen LogP contribution in [0.1, 0.15) is 47.2 Å². The molecule has 2 amide bonds. The Balaban J connectivity index is 1.32. The van der Waals surface area contributed by atoms with Crippen molar-refractivity contribution in [2.45, 2.75) is 25.7 Å². The smallest absolute Gasteiger partial charge is 0.270 e. The van der Waals surface area contributed by atoms with Crippen molar-refractivity contribution in [3.8, 4) is 0 Å². The molecule has 0 atom stereocenters. The molecule has 3 aliphatic rings. The topological polar surface area (TPSA) is 134 Å². The average Bonchev–Trinajstić information content (AvgIpc) is 3.44. The Hall–Kier alpha value is -3.89. The summed E-state index contributed by atoms with van der Waals surface area (Å²) in [6.45, 7) is 5.56. The van der Waals surface area contributed by atoms with Crippen molar-refractivity contribution in [1.29, 1.82) is 0 Å². The molecule has 7 N–H and O–H groups in total. The van der Waals surface area contributed by atoms with Gasteiger partial charge in [-0.2, -0.15) is 5.43 Å². The lowest BCUT2D eigenvalue weighted by Crippen LogP contribution is -2.89. The van der Waals surface area contributed by atoms with Crippen molar-refractivity contribution in [3.05, 3.63) is 64.9 Å². The second kappa shape index (κ2) is 10.6. The first-order valence-corrected chi connectivity index (χ1v) is 12.8. The van der Waals surface area contributed by atoms with E-state index in [0.717, 1.165) is 42.9 Å². The van der Waals surface area contributed by atoms with E-state index in [4.69, 9.17) is 16.2 Å². The number of nitrogens with two attached hydrogens (primary N) is 3. The summed E-state index contributed by atoms with van der Waals surface area (Å²) in [5.41, 5.74) is 23.6. The monoisotopic (exact) mass is 505 g/mol. The summed E-state index contributed by atoms with van der Waals surface area (Å²) in [4.78, 5) is 28.1. The number of carbonyl (C=O) groups excluding carboxylic acids is 2. The van der Waals surface area contributed by atoms with E-state index in [9.17, 15) is 9.59 Å². The number of nitrogens with zero attached hydrogens (tertiary/aromatic N) is 3. The number of hydrogen-bond acceptors (Lipinski definition) is 6. The maximum absolute atomic E-state index is 12.7. The molecule has 0 aromatic heterocycles. The van der Waals surface area contributed by atoms with Crippen LogP contribution in [0, 0.1) is 0 Å². The molecular weight excluding hydrogens is 470 g/mol. The van der Waals surface area contributed by atoms with Gasteiger partial charge in [-0.15, -0.1) is 0 Å². The van der Waals surface area contributed by atoms with Gasteiger partial charge in [0.25, 0.3) is 12.1 Å². The number of hydrazone groups is 1. The number of nitrogen functional groups attached to an aromatic ring is 1. The van der Waals surface area contributed by atoms with Crippen LogP contribution in [-0.4, -0.2) is 71.9 Å². The number of hydrogen-bond donors (Lipinski definition) is 4. The number of amides is 2. The molecule has 0 spiro atoms. The summed E-state index contributed by atoms with van der Waals surface area (Å²) in [6.07, 6.45) is 3.78. The molecule has 194 valence electrons. The van der Waals surface area contributed by atoms with Gasteiger partial charge in [-0.3, -0.25) is 9.59 Å². The molecule has 2 fully saturated rings. The maximum atomic E-state index is 12.7. The van der Waals surface area contributed by atoms with Crippen LogP contribution in [-0.2, 0) is 9.53 Å². The van der Waals surface area contributed by atoms with Gasteiger partial charge in [0.15, 0.2) is 0 Å². The molecule has 0 bridgehead atoms. The van der Waals surface area contributed by atoms with Crippen molar-refractivity contribution in [3.63, 3.8) is 0 Å². The van der Waals surface area contributed by atoms with Crippen molar-refractivity contribution in [2.75, 3.05) is 45.1 Å². The molecule has 2 aromatic carbocycles. The van der Waals surface area contributed by atoms with Gasteiger partial charge in [0.1, 0.15) is 5.70 Å².